The molecule has 5 rings (SSSR count). The molecule has 12 nitrogen and oxygen atoms in total. The Kier molecular flexibility index (Phi) is 80.7. The maximum absolute atomic E-state index is 11.2. The van der Waals surface area contributed by atoms with Gasteiger partial charge in [0.2, 0.25) is 0 Å². The molecule has 0 saturated heterocycles. The summed E-state index contributed by atoms with van der Waals surface area (Å²) in [6, 6.07) is 0. The second kappa shape index (κ2) is 61.7. The summed E-state index contributed by atoms with van der Waals surface area (Å²) in [6.07, 6.45) is 23.7. The molecule has 0 aromatic carbocycles. The van der Waals surface area contributed by atoms with E-state index in [1.165, 1.54) is 12.0 Å². The Balaban J connectivity index is -0.0000000754. The minimum Gasteiger partial charge on any atom is -1.00 e. The van der Waals surface area contributed by atoms with Crippen molar-refractivity contribution in [3.63, 3.8) is 0 Å². The summed E-state index contributed by atoms with van der Waals surface area (Å²) in [5.74, 6) is 3.75. The number of halogens is 7. The van der Waals surface area contributed by atoms with E-state index in [2.05, 4.69) is 160 Å². The average molecular weight is 1570 g/mol. The number of hydrogen-bond donors (Lipinski definition) is 2. The fourth-order valence-electron chi connectivity index (χ4n) is 12.6. The van der Waals surface area contributed by atoms with Crippen LogP contribution in [0.2, 0.25) is 19.6 Å². The number of allylic oxidation sites excluding steroid dienone is 6. The standard InChI is InChI=1S/C11H19N3.C11H21N.C11H20O.C10H16O.C8H12O.2C4H10O.C3H9N3Si.C2H3.CH3.BF3.BrH.2ClH.Cu.HI.2Mg/c1-5-10(3)6-9(2)7-11(4,8-10)13-14-12;2*1-5-10(3)6-9(2)7-11(4,12)8-10;1-4-10(3)6-8(2)5-9(11)7-10;1-6-3-7(2)5-8(9)4-6;2*1-3-5-4-2;1-7(2,3)6-5-4;1-2;;2-1(3)4;;;;;;;/h5,9H,1,6-8H2,2-4H3;5,9H,1,6-8,12H2,2-4H3;5,9,12H,1,6-8H2,2-4H3;4,8H,1,5-7H2,2-3H3;4,7H,3,5H2,1-2H3;2*3-4H2,1-2H3;1-3H3;1H,2H2;1H3;;3*1H;;1H;;/q;;;;;;;;2*-1;;;;;+1;;2*+2/p-3. The van der Waals surface area contributed by atoms with Gasteiger partial charge in [-0.05, 0) is 192 Å². The van der Waals surface area contributed by atoms with E-state index in [9.17, 15) is 27.6 Å². The maximum atomic E-state index is 11.2. The molecule has 0 bridgehead atoms. The number of nitrogens with two attached hydrogens (primary N) is 1. The zero-order valence-corrected chi connectivity index (χ0v) is 69.5. The Morgan fingerprint density at radius 2 is 1.03 bits per heavy atom. The summed E-state index contributed by atoms with van der Waals surface area (Å²) in [5, 5.41) is 13.9. The number of aliphatic hydroxyl groups is 1. The van der Waals surface area contributed by atoms with Crippen LogP contribution in [0.3, 0.4) is 0 Å². The molecule has 12 unspecified atom stereocenters. The molecule has 0 amide bonds. The van der Waals surface area contributed by atoms with Gasteiger partial charge in [-0.2, -0.15) is 0 Å². The van der Waals surface area contributed by atoms with Crippen molar-refractivity contribution in [2.45, 2.75) is 244 Å². The van der Waals surface area contributed by atoms with Gasteiger partial charge in [0.15, 0.2) is 5.78 Å². The van der Waals surface area contributed by atoms with Gasteiger partial charge in [-0.15, -0.1) is 43.5 Å². The van der Waals surface area contributed by atoms with Crippen molar-refractivity contribution in [2.24, 2.45) is 66.9 Å². The van der Waals surface area contributed by atoms with Crippen LogP contribution in [0.4, 0.5) is 12.9 Å². The van der Waals surface area contributed by atoms with E-state index in [0.29, 0.717) is 41.7 Å². The van der Waals surface area contributed by atoms with Gasteiger partial charge < -0.3 is 75.3 Å². The monoisotopic (exact) mass is 1570 g/mol. The van der Waals surface area contributed by atoms with Crippen LogP contribution in [0.25, 0.3) is 20.9 Å². The van der Waals surface area contributed by atoms with Crippen LogP contribution >= 0.6 is 22.5 Å². The molecule has 4 fully saturated rings. The van der Waals surface area contributed by atoms with Crippen LogP contribution in [-0.4, -0.2) is 122 Å². The molecule has 89 heavy (non-hydrogen) atoms. The zero-order valence-electron chi connectivity index (χ0n) is 59.4. The first-order valence-electron chi connectivity index (χ1n) is 29.5. The molecule has 520 valence electrons. The number of nitrogens with zero attached hydrogens (tertiary/aromatic N) is 6. The molecular formula is C65H124BBrCl2CuF3IMg2N7O5Si. The number of rotatable bonds is 10. The van der Waals surface area contributed by atoms with E-state index >= 15 is 0 Å². The molecule has 0 heterocycles. The Bertz CT molecular complexity index is 1940. The molecule has 5 aliphatic carbocycles. The topological polar surface area (TPSA) is 196 Å². The summed E-state index contributed by atoms with van der Waals surface area (Å²) >= 11 is 3.66. The summed E-state index contributed by atoms with van der Waals surface area (Å²) in [5.41, 5.74) is 23.8. The number of carbonyl (C=O) groups excluding carboxylic acids is 2. The predicted octanol–water partition coefficient (Wildman–Crippen LogP) is 14.5. The van der Waals surface area contributed by atoms with Crippen molar-refractivity contribution in [1.29, 1.82) is 0 Å². The first kappa shape index (κ1) is 116. The molecule has 0 aliphatic heterocycles. The molecule has 0 aromatic rings. The van der Waals surface area contributed by atoms with E-state index in [1.807, 2.05) is 86.3 Å². The van der Waals surface area contributed by atoms with Crippen molar-refractivity contribution in [2.75, 3.05) is 26.4 Å². The van der Waals surface area contributed by atoms with Gasteiger partial charge in [-0.25, -0.2) is 0 Å². The quantitative estimate of drug-likeness (QED) is 0.0415. The molecule has 4 saturated carbocycles. The van der Waals surface area contributed by atoms with E-state index in [0.717, 1.165) is 109 Å². The van der Waals surface area contributed by atoms with Gasteiger partial charge in [-0.1, -0.05) is 124 Å². The average Bonchev–Trinajstić information content (AvgIpc) is 3.31. The molecule has 5 aliphatic rings. The van der Waals surface area contributed by atoms with E-state index in [-0.39, 0.29) is 140 Å². The van der Waals surface area contributed by atoms with Crippen molar-refractivity contribution >= 4 is 96.0 Å². The number of azide groups is 2. The number of ether oxygens (including phenoxy) is 2. The summed E-state index contributed by atoms with van der Waals surface area (Å²) < 4.78 is 42.2. The number of hydrogen-bond acceptors (Lipinski definition) is 8. The summed E-state index contributed by atoms with van der Waals surface area (Å²) in [6.45, 7) is 67.6. The molecule has 24 heteroatoms. The second-order valence-electron chi connectivity index (χ2n) is 26.7. The van der Waals surface area contributed by atoms with Crippen molar-refractivity contribution in [1.82, 2.24) is 0 Å². The van der Waals surface area contributed by atoms with Gasteiger partial charge in [0.1, 0.15) is 14.0 Å². The normalized spacial score (nSPS) is 29.7. The Labute approximate surface area is 624 Å². The molecule has 0 radical (unpaired) electrons. The van der Waals surface area contributed by atoms with Crippen molar-refractivity contribution in [3.05, 3.63) is 104 Å². The SMILES string of the molecule is C=CC1(C)CC(=O)CC(C)C1.C=CC1(C)CC(C)CC(C)(N)C1.C=CC1(C)CC(C)CC(C)(N=[N+]=[N-])C1.C=CC1(C)CC(C)CC(C)(O)C1.CC1=CC(=O)CC(C)C1.CCOCC.CCOCC.C[Si](C)(C)N=[N+]=[N-].Cl.FB(F)F.[Br-].[CH-]=C.[CH3-].[Cl][Cu].[I-].[Mg+2].[Mg+2]. The number of carbonyl (C=O) groups is 2. The summed E-state index contributed by atoms with van der Waals surface area (Å²) in [7, 11) is -0.914. The van der Waals surface area contributed by atoms with Crippen LogP contribution in [0, 0.1) is 65.3 Å². The third kappa shape index (κ3) is 67.9. The zero-order chi connectivity index (χ0) is 66.7. The molecule has 0 aromatic heterocycles. The Morgan fingerprint density at radius 1 is 0.685 bits per heavy atom. The molecule has 12 atom stereocenters. The first-order chi connectivity index (χ1) is 38.0. The maximum Gasteiger partial charge on any atom is 2.00 e. The first-order valence-corrected chi connectivity index (χ1v) is 34.3. The molecular weight excluding hydrogens is 1440 g/mol. The van der Waals surface area contributed by atoms with E-state index in [4.69, 9.17) is 26.3 Å². The minimum atomic E-state index is -3.67. The smallest absolute Gasteiger partial charge is 1.00 e. The molecule has 3 N–H and O–H groups in total. The second-order valence-corrected chi connectivity index (χ2v) is 31.3. The van der Waals surface area contributed by atoms with Crippen LogP contribution in [0.15, 0.2) is 78.7 Å². The fourth-order valence-corrected chi connectivity index (χ4v) is 12.8. The van der Waals surface area contributed by atoms with Gasteiger partial charge in [-0.3, -0.25) is 29.1 Å². The van der Waals surface area contributed by atoms with E-state index < -0.39 is 21.4 Å². The Morgan fingerprint density at radius 3 is 1.30 bits per heavy atom. The number of ketones is 2. The Hall–Kier alpha value is 0.154. The van der Waals surface area contributed by atoms with Gasteiger partial charge in [0.05, 0.1) is 5.60 Å². The fraction of sp³-hybridized carbons (Fsp3) is 0.769. The third-order valence-electron chi connectivity index (χ3n) is 14.3. The van der Waals surface area contributed by atoms with Crippen LogP contribution < -0.4 is 46.7 Å². The van der Waals surface area contributed by atoms with Crippen LogP contribution in [0.5, 0.6) is 0 Å². The molecule has 0 spiro atoms. The third-order valence-corrected chi connectivity index (χ3v) is 14.9. The largest absolute Gasteiger partial charge is 2.00 e. The minimum absolute atomic E-state index is 0. The van der Waals surface area contributed by atoms with Gasteiger partial charge >= 0.3 is 78.8 Å². The van der Waals surface area contributed by atoms with Crippen molar-refractivity contribution < 1.29 is 93.2 Å². The van der Waals surface area contributed by atoms with Gasteiger partial charge in [0.25, 0.3) is 0 Å². The van der Waals surface area contributed by atoms with Crippen LogP contribution in [-0.2, 0) is 34.2 Å². The summed E-state index contributed by atoms with van der Waals surface area (Å²) in [4.78, 5) is 27.7. The van der Waals surface area contributed by atoms with E-state index in [1.54, 1.807) is 6.08 Å². The number of Topliss-reactive ketones (excluding diaryl/α,β-unsaturated/α-hetero) is 1. The predicted molar refractivity (Wildman–Crippen MR) is 375 cm³/mol. The van der Waals surface area contributed by atoms with Crippen molar-refractivity contribution in [3.8, 4) is 0 Å². The van der Waals surface area contributed by atoms with Gasteiger partial charge in [0, 0.05) is 61.7 Å². The van der Waals surface area contributed by atoms with Crippen LogP contribution in [0.1, 0.15) is 208 Å².